The van der Waals surface area contributed by atoms with Crippen molar-refractivity contribution in [2.24, 2.45) is 20.5 Å². The van der Waals surface area contributed by atoms with E-state index in [4.69, 9.17) is 5.26 Å². The Morgan fingerprint density at radius 3 is 2.55 bits per heavy atom. The molecule has 0 saturated heterocycles. The number of aryl methyl sites for hydroxylation is 1. The number of fused-ring (bicyclic) bond motifs is 1. The second kappa shape index (κ2) is 9.39. The van der Waals surface area contributed by atoms with Gasteiger partial charge < -0.3 is 0 Å². The summed E-state index contributed by atoms with van der Waals surface area (Å²) in [7, 11) is 3.18. The van der Waals surface area contributed by atoms with Crippen molar-refractivity contribution in [3.05, 3.63) is 29.8 Å². The van der Waals surface area contributed by atoms with Crippen molar-refractivity contribution in [3.63, 3.8) is 0 Å². The molecule has 0 saturated carbocycles. The molecule has 9 heteroatoms. The van der Waals surface area contributed by atoms with Crippen molar-refractivity contribution >= 4 is 34.2 Å². The maximum Gasteiger partial charge on any atom is 0.0720 e. The molecule has 113 valence electrons. The van der Waals surface area contributed by atoms with Crippen LogP contribution in [0.1, 0.15) is 5.56 Å². The number of benzene rings is 2. The molecule has 2 aromatic carbocycles. The molecule has 1 radical (unpaired) electrons. The van der Waals surface area contributed by atoms with E-state index in [9.17, 15) is 0 Å². The molecule has 0 fully saturated rings. The van der Waals surface area contributed by atoms with Gasteiger partial charge in [0.15, 0.2) is 0 Å². The number of azo groups is 2. The second-order valence-corrected chi connectivity index (χ2v) is 4.72. The minimum absolute atomic E-state index is 0. The van der Waals surface area contributed by atoms with E-state index in [-0.39, 0.29) is 32.7 Å². The van der Waals surface area contributed by atoms with Gasteiger partial charge in [0.25, 0.3) is 0 Å². The molecular formula is C13H13N4O3SY-. The van der Waals surface area contributed by atoms with Crippen molar-refractivity contribution in [1.29, 1.82) is 0 Å². The molecule has 7 nitrogen and oxygen atoms in total. The quantitative estimate of drug-likeness (QED) is 0.259. The zero-order chi connectivity index (χ0) is 15.2. The summed E-state index contributed by atoms with van der Waals surface area (Å²) in [5.74, 6) is 0. The van der Waals surface area contributed by atoms with Gasteiger partial charge in [0.1, 0.15) is 0 Å². The number of hydrogen-bond donors (Lipinski definition) is 1. The van der Waals surface area contributed by atoms with Gasteiger partial charge in [-0.15, -0.1) is 33.3 Å². The Balaban J connectivity index is 0.00000242. The van der Waals surface area contributed by atoms with Crippen molar-refractivity contribution in [1.82, 2.24) is 0 Å². The molecule has 0 amide bonds. The van der Waals surface area contributed by atoms with Crippen molar-refractivity contribution in [2.75, 3.05) is 14.1 Å². The zero-order valence-corrected chi connectivity index (χ0v) is 15.9. The molecule has 0 aromatic heterocycles. The summed E-state index contributed by atoms with van der Waals surface area (Å²) in [5.41, 5.74) is 2.13. The summed E-state index contributed by atoms with van der Waals surface area (Å²) in [6.45, 7) is 1.90. The average Bonchev–Trinajstić information content (AvgIpc) is 2.49. The van der Waals surface area contributed by atoms with E-state index >= 15 is 0 Å². The molecule has 0 aliphatic rings. The fourth-order valence-electron chi connectivity index (χ4n) is 1.94. The first-order valence-corrected chi connectivity index (χ1v) is 6.69. The van der Waals surface area contributed by atoms with E-state index in [1.807, 2.05) is 25.1 Å². The molecule has 0 bridgehead atoms. The van der Waals surface area contributed by atoms with Gasteiger partial charge >= 0.3 is 0 Å². The van der Waals surface area contributed by atoms with Crippen LogP contribution in [0.2, 0.25) is 0 Å². The minimum atomic E-state index is 0. The van der Waals surface area contributed by atoms with E-state index in [2.05, 4.69) is 35.9 Å². The summed E-state index contributed by atoms with van der Waals surface area (Å²) < 4.78 is 4.50. The molecule has 0 atom stereocenters. The van der Waals surface area contributed by atoms with Crippen LogP contribution in [0.4, 0.5) is 11.4 Å². The maximum absolute atomic E-state index is 8.30. The van der Waals surface area contributed by atoms with Crippen LogP contribution in [0.15, 0.2) is 43.6 Å². The predicted octanol–water partition coefficient (Wildman–Crippen LogP) is 4.80. The van der Waals surface area contributed by atoms with E-state index in [1.165, 1.54) is 0 Å². The maximum atomic E-state index is 8.30. The molecule has 2 rings (SSSR count). The Bertz CT molecular complexity index is 709. The Labute approximate surface area is 157 Å². The van der Waals surface area contributed by atoms with E-state index in [1.54, 1.807) is 14.1 Å². The first-order chi connectivity index (χ1) is 10.2. The first-order valence-electron chi connectivity index (χ1n) is 5.95. The normalized spacial score (nSPS) is 11.5. The van der Waals surface area contributed by atoms with Gasteiger partial charge in [-0.05, 0) is 0 Å². The van der Waals surface area contributed by atoms with Crippen molar-refractivity contribution in [3.8, 4) is 0 Å². The monoisotopic (exact) mass is 394 g/mol. The SMILES string of the molecule is CN=Nc1[c-]c2c(C)c(N=NC)c(SOOO)cc2cc1.[Y]. The van der Waals surface area contributed by atoms with Crippen molar-refractivity contribution < 1.29 is 47.3 Å². The molecule has 22 heavy (non-hydrogen) atoms. The fourth-order valence-corrected chi connectivity index (χ4v) is 2.49. The van der Waals surface area contributed by atoms with Crippen LogP contribution in [0, 0.1) is 13.0 Å². The van der Waals surface area contributed by atoms with Gasteiger partial charge in [-0.3, -0.25) is 0 Å². The molecule has 0 heterocycles. The van der Waals surface area contributed by atoms with Crippen LogP contribution < -0.4 is 0 Å². The Hall–Kier alpha value is -0.766. The molecule has 2 aromatic rings. The molecular weight excluding hydrogens is 381 g/mol. The third-order valence-corrected chi connectivity index (χ3v) is 3.39. The third kappa shape index (κ3) is 4.37. The minimum Gasteiger partial charge on any atom is -0.220 e. The number of nitrogens with zero attached hydrogens (tertiary/aromatic N) is 4. The molecule has 0 spiro atoms. The van der Waals surface area contributed by atoms with Gasteiger partial charge in [-0.2, -0.15) is 20.5 Å². The number of hydrogen-bond acceptors (Lipinski definition) is 8. The van der Waals surface area contributed by atoms with Gasteiger partial charge in [-0.25, -0.2) is 5.26 Å². The zero-order valence-electron chi connectivity index (χ0n) is 12.3. The second-order valence-electron chi connectivity index (χ2n) is 3.98. The van der Waals surface area contributed by atoms with Crippen LogP contribution in [0.5, 0.6) is 0 Å². The number of rotatable bonds is 5. The Morgan fingerprint density at radius 1 is 1.18 bits per heavy atom. The average molecular weight is 394 g/mol. The predicted molar refractivity (Wildman–Crippen MR) is 79.1 cm³/mol. The Morgan fingerprint density at radius 2 is 1.91 bits per heavy atom. The molecule has 0 unspecified atom stereocenters. The summed E-state index contributed by atoms with van der Waals surface area (Å²) >= 11 is 0.849. The van der Waals surface area contributed by atoms with E-state index in [0.29, 0.717) is 16.3 Å². The molecule has 1 N–H and O–H groups in total. The smallest absolute Gasteiger partial charge is 0.0720 e. The summed E-state index contributed by atoms with van der Waals surface area (Å²) in [5, 5.41) is 29.4. The topological polar surface area (TPSA) is 88.1 Å². The fraction of sp³-hybridized carbons (Fsp3) is 0.231. The Kier molecular flexibility index (Phi) is 8.23. The largest absolute Gasteiger partial charge is 0.220 e. The van der Waals surface area contributed by atoms with Crippen LogP contribution in [0.3, 0.4) is 0 Å². The summed E-state index contributed by atoms with van der Waals surface area (Å²) in [6, 6.07) is 8.75. The third-order valence-electron chi connectivity index (χ3n) is 2.77. The van der Waals surface area contributed by atoms with E-state index < -0.39 is 0 Å². The first kappa shape index (κ1) is 19.3. The summed E-state index contributed by atoms with van der Waals surface area (Å²) in [4.78, 5) is 0.665. The van der Waals surface area contributed by atoms with Crippen LogP contribution in [0.25, 0.3) is 10.8 Å². The van der Waals surface area contributed by atoms with E-state index in [0.717, 1.165) is 28.4 Å². The van der Waals surface area contributed by atoms with Crippen molar-refractivity contribution in [2.45, 2.75) is 11.8 Å². The van der Waals surface area contributed by atoms with Gasteiger partial charge in [0.2, 0.25) is 0 Å². The van der Waals surface area contributed by atoms with Gasteiger partial charge in [-0.1, -0.05) is 23.6 Å². The van der Waals surface area contributed by atoms with Gasteiger partial charge in [0.05, 0.1) is 17.7 Å². The molecule has 0 aliphatic heterocycles. The molecule has 0 aliphatic carbocycles. The van der Waals surface area contributed by atoms with Gasteiger partial charge in [0, 0.05) is 57.4 Å². The summed E-state index contributed by atoms with van der Waals surface area (Å²) in [6.07, 6.45) is 0. The van der Waals surface area contributed by atoms with Crippen LogP contribution in [-0.2, 0) is 42.1 Å². The standard InChI is InChI=1S/C13H13N4O3S.Y/c1-8-11-7-10(16-14-2)5-4-9(11)6-12(21-20-19-18)13(8)17-15-3;/h4-6,18H,1-3H3;/q-1;. The van der Waals surface area contributed by atoms with Crippen LogP contribution in [-0.4, -0.2) is 19.4 Å². The van der Waals surface area contributed by atoms with Crippen LogP contribution >= 0.6 is 12.0 Å².